The van der Waals surface area contributed by atoms with Crippen LogP contribution < -0.4 is 5.73 Å². The molecule has 3 heteroatoms. The van der Waals surface area contributed by atoms with Crippen LogP contribution in [0.3, 0.4) is 0 Å². The normalized spacial score (nSPS) is 22.6. The molecule has 1 heterocycles. The van der Waals surface area contributed by atoms with E-state index < -0.39 is 0 Å². The molecule has 0 radical (unpaired) electrons. The number of benzene rings is 1. The minimum absolute atomic E-state index is 0.262. The van der Waals surface area contributed by atoms with Gasteiger partial charge in [0.15, 0.2) is 0 Å². The summed E-state index contributed by atoms with van der Waals surface area (Å²) in [6.07, 6.45) is 2.70. The highest BCUT2D eigenvalue weighted by Gasteiger charge is 2.39. The van der Waals surface area contributed by atoms with Gasteiger partial charge in [-0.2, -0.15) is 0 Å². The molecule has 1 aromatic carbocycles. The third-order valence-electron chi connectivity index (χ3n) is 5.62. The Morgan fingerprint density at radius 1 is 1.27 bits per heavy atom. The number of nitrogens with zero attached hydrogens (tertiary/aromatic N) is 1. The minimum Gasteiger partial charge on any atom is -0.342 e. The van der Waals surface area contributed by atoms with Crippen molar-refractivity contribution in [2.24, 2.45) is 17.1 Å². The standard InChI is InChI=1S/C19H30N2O/c1-4-19(5-2,14-20)18(22)21-12-11-17(15(3)13-21)16-9-7-6-8-10-16/h6-10,15,17H,4-5,11-14,20H2,1-3H3. The molecule has 1 fully saturated rings. The zero-order valence-corrected chi connectivity index (χ0v) is 14.2. The molecule has 2 N–H and O–H groups in total. The van der Waals surface area contributed by atoms with E-state index in [0.29, 0.717) is 18.4 Å². The summed E-state index contributed by atoms with van der Waals surface area (Å²) in [5, 5.41) is 0. The topological polar surface area (TPSA) is 46.3 Å². The van der Waals surface area contributed by atoms with Crippen LogP contribution in [-0.2, 0) is 4.79 Å². The van der Waals surface area contributed by atoms with E-state index in [0.717, 1.165) is 32.4 Å². The lowest BCUT2D eigenvalue weighted by Crippen LogP contribution is -2.51. The summed E-state index contributed by atoms with van der Waals surface area (Å²) < 4.78 is 0. The van der Waals surface area contributed by atoms with Crippen molar-refractivity contribution in [1.82, 2.24) is 4.90 Å². The van der Waals surface area contributed by atoms with Crippen molar-refractivity contribution in [2.75, 3.05) is 19.6 Å². The largest absolute Gasteiger partial charge is 0.342 e. The summed E-state index contributed by atoms with van der Waals surface area (Å²) in [6, 6.07) is 10.7. The van der Waals surface area contributed by atoms with E-state index in [1.807, 2.05) is 0 Å². The van der Waals surface area contributed by atoms with Crippen molar-refractivity contribution in [1.29, 1.82) is 0 Å². The number of carbonyl (C=O) groups is 1. The summed E-state index contributed by atoms with van der Waals surface area (Å²) in [6.45, 7) is 8.57. The predicted octanol–water partition coefficient (Wildman–Crippen LogP) is 3.40. The molecule has 2 unspecified atom stereocenters. The number of amides is 1. The second-order valence-electron chi connectivity index (χ2n) is 6.73. The lowest BCUT2D eigenvalue weighted by atomic mass is 9.78. The van der Waals surface area contributed by atoms with Gasteiger partial charge in [0.2, 0.25) is 5.91 Å². The van der Waals surface area contributed by atoms with Gasteiger partial charge < -0.3 is 10.6 Å². The highest BCUT2D eigenvalue weighted by molar-refractivity contribution is 5.83. The zero-order chi connectivity index (χ0) is 16.2. The number of rotatable bonds is 5. The van der Waals surface area contributed by atoms with Crippen molar-refractivity contribution in [3.8, 4) is 0 Å². The first-order valence-electron chi connectivity index (χ1n) is 8.62. The minimum atomic E-state index is -0.362. The van der Waals surface area contributed by atoms with Gasteiger partial charge in [0.05, 0.1) is 5.41 Å². The number of piperidine rings is 1. The average molecular weight is 302 g/mol. The molecule has 0 spiro atoms. The maximum atomic E-state index is 12.9. The third-order valence-corrected chi connectivity index (χ3v) is 5.62. The molecule has 122 valence electrons. The van der Waals surface area contributed by atoms with Crippen LogP contribution in [0, 0.1) is 11.3 Å². The van der Waals surface area contributed by atoms with Crippen molar-refractivity contribution in [3.05, 3.63) is 35.9 Å². The highest BCUT2D eigenvalue weighted by atomic mass is 16.2. The van der Waals surface area contributed by atoms with Gasteiger partial charge in [-0.05, 0) is 36.7 Å². The molecule has 1 aliphatic rings. The van der Waals surface area contributed by atoms with Crippen molar-refractivity contribution in [3.63, 3.8) is 0 Å². The molecule has 0 bridgehead atoms. The van der Waals surface area contributed by atoms with E-state index >= 15 is 0 Å². The van der Waals surface area contributed by atoms with Gasteiger partial charge >= 0.3 is 0 Å². The SMILES string of the molecule is CCC(CC)(CN)C(=O)N1CCC(c2ccccc2)C(C)C1. The summed E-state index contributed by atoms with van der Waals surface area (Å²) in [5.41, 5.74) is 6.98. The molecular formula is C19H30N2O. The van der Waals surface area contributed by atoms with Gasteiger partial charge in [0.1, 0.15) is 0 Å². The summed E-state index contributed by atoms with van der Waals surface area (Å²) in [7, 11) is 0. The Labute approximate surface area is 134 Å². The fourth-order valence-electron chi connectivity index (χ4n) is 3.79. The molecule has 0 aromatic heterocycles. The molecule has 1 aliphatic heterocycles. The monoisotopic (exact) mass is 302 g/mol. The van der Waals surface area contributed by atoms with Crippen LogP contribution in [-0.4, -0.2) is 30.4 Å². The van der Waals surface area contributed by atoms with Gasteiger partial charge in [-0.1, -0.05) is 51.1 Å². The smallest absolute Gasteiger partial charge is 0.230 e. The first-order chi connectivity index (χ1) is 10.6. The Bertz CT molecular complexity index is 473. The van der Waals surface area contributed by atoms with Crippen LogP contribution in [0.2, 0.25) is 0 Å². The molecular weight excluding hydrogens is 272 g/mol. The van der Waals surface area contributed by atoms with E-state index in [-0.39, 0.29) is 11.3 Å². The van der Waals surface area contributed by atoms with Crippen LogP contribution in [0.5, 0.6) is 0 Å². The van der Waals surface area contributed by atoms with Gasteiger partial charge in [-0.15, -0.1) is 0 Å². The molecule has 2 rings (SSSR count). The number of likely N-dealkylation sites (tertiary alicyclic amines) is 1. The second-order valence-corrected chi connectivity index (χ2v) is 6.73. The average Bonchev–Trinajstić information content (AvgIpc) is 2.57. The van der Waals surface area contributed by atoms with Crippen LogP contribution in [0.15, 0.2) is 30.3 Å². The summed E-state index contributed by atoms with van der Waals surface area (Å²) in [5.74, 6) is 1.31. The molecule has 22 heavy (non-hydrogen) atoms. The maximum Gasteiger partial charge on any atom is 0.230 e. The van der Waals surface area contributed by atoms with E-state index in [1.54, 1.807) is 0 Å². The molecule has 1 aromatic rings. The number of carbonyl (C=O) groups excluding carboxylic acids is 1. The summed E-state index contributed by atoms with van der Waals surface area (Å²) >= 11 is 0. The maximum absolute atomic E-state index is 12.9. The Morgan fingerprint density at radius 3 is 2.41 bits per heavy atom. The number of nitrogens with two attached hydrogens (primary N) is 1. The Kier molecular flexibility index (Phi) is 5.63. The first-order valence-corrected chi connectivity index (χ1v) is 8.62. The molecule has 2 atom stereocenters. The Morgan fingerprint density at radius 2 is 1.91 bits per heavy atom. The molecule has 0 saturated carbocycles. The van der Waals surface area contributed by atoms with Gasteiger partial charge in [0.25, 0.3) is 0 Å². The lowest BCUT2D eigenvalue weighted by Gasteiger charge is -2.42. The molecule has 0 aliphatic carbocycles. The quantitative estimate of drug-likeness (QED) is 0.906. The van der Waals surface area contributed by atoms with Crippen molar-refractivity contribution < 1.29 is 4.79 Å². The van der Waals surface area contributed by atoms with Gasteiger partial charge in [0, 0.05) is 19.6 Å². The second kappa shape index (κ2) is 7.28. The van der Waals surface area contributed by atoms with Crippen LogP contribution in [0.4, 0.5) is 0 Å². The van der Waals surface area contributed by atoms with Gasteiger partial charge in [-0.3, -0.25) is 4.79 Å². The van der Waals surface area contributed by atoms with Crippen LogP contribution in [0.1, 0.15) is 51.5 Å². The van der Waals surface area contributed by atoms with E-state index in [9.17, 15) is 4.79 Å². The van der Waals surface area contributed by atoms with E-state index in [2.05, 4.69) is 56.0 Å². The number of hydrogen-bond acceptors (Lipinski definition) is 2. The van der Waals surface area contributed by atoms with E-state index in [1.165, 1.54) is 5.56 Å². The third kappa shape index (κ3) is 3.19. The van der Waals surface area contributed by atoms with E-state index in [4.69, 9.17) is 5.73 Å². The lowest BCUT2D eigenvalue weighted by molar-refractivity contribution is -0.144. The molecule has 3 nitrogen and oxygen atoms in total. The first kappa shape index (κ1) is 17.0. The van der Waals surface area contributed by atoms with Crippen LogP contribution in [0.25, 0.3) is 0 Å². The highest BCUT2D eigenvalue weighted by Crippen LogP contribution is 2.35. The van der Waals surface area contributed by atoms with Crippen molar-refractivity contribution >= 4 is 5.91 Å². The fraction of sp³-hybridized carbons (Fsp3) is 0.632. The van der Waals surface area contributed by atoms with Crippen LogP contribution >= 0.6 is 0 Å². The Balaban J connectivity index is 2.08. The van der Waals surface area contributed by atoms with Crippen molar-refractivity contribution in [2.45, 2.75) is 46.0 Å². The molecule has 1 amide bonds. The fourth-order valence-corrected chi connectivity index (χ4v) is 3.79. The number of hydrogen-bond donors (Lipinski definition) is 1. The summed E-state index contributed by atoms with van der Waals surface area (Å²) in [4.78, 5) is 15.0. The zero-order valence-electron chi connectivity index (χ0n) is 14.2. The van der Waals surface area contributed by atoms with Gasteiger partial charge in [-0.25, -0.2) is 0 Å². The predicted molar refractivity (Wildman–Crippen MR) is 91.6 cm³/mol. The Hall–Kier alpha value is -1.35. The molecule has 1 saturated heterocycles.